The Hall–Kier alpha value is -1.92. The molecule has 0 atom stereocenters. The number of carbonyl (C=O) groups excluding carboxylic acids is 1. The van der Waals surface area contributed by atoms with Crippen LogP contribution in [0.25, 0.3) is 0 Å². The first-order chi connectivity index (χ1) is 12.8. The van der Waals surface area contributed by atoms with Gasteiger partial charge in [0.1, 0.15) is 5.82 Å². The SMILES string of the molecule is CC(C)(C)c1ccc(NC(=O)CN2CCN(c3ccc(Br)cn3)CC2)cc1. The molecule has 0 saturated carbocycles. The van der Waals surface area contributed by atoms with Crippen LogP contribution in [0.2, 0.25) is 0 Å². The lowest BCUT2D eigenvalue weighted by Gasteiger charge is -2.35. The Morgan fingerprint density at radius 1 is 1.07 bits per heavy atom. The van der Waals surface area contributed by atoms with E-state index in [-0.39, 0.29) is 11.3 Å². The Balaban J connectivity index is 1.47. The highest BCUT2D eigenvalue weighted by Crippen LogP contribution is 2.23. The molecule has 1 aromatic carbocycles. The Bertz CT molecular complexity index is 760. The summed E-state index contributed by atoms with van der Waals surface area (Å²) in [6, 6.07) is 12.2. The second-order valence-corrected chi connectivity index (χ2v) is 8.89. The van der Waals surface area contributed by atoms with Crippen molar-refractivity contribution in [1.29, 1.82) is 0 Å². The summed E-state index contributed by atoms with van der Waals surface area (Å²) in [6.45, 7) is 10.4. The van der Waals surface area contributed by atoms with Gasteiger partial charge in [-0.2, -0.15) is 0 Å². The van der Waals surface area contributed by atoms with Crippen molar-refractivity contribution in [2.45, 2.75) is 26.2 Å². The molecule has 0 unspecified atom stereocenters. The van der Waals surface area contributed by atoms with Crippen molar-refractivity contribution >= 4 is 33.3 Å². The van der Waals surface area contributed by atoms with Gasteiger partial charge in [-0.1, -0.05) is 32.9 Å². The van der Waals surface area contributed by atoms with E-state index in [1.807, 2.05) is 30.5 Å². The van der Waals surface area contributed by atoms with Gasteiger partial charge in [-0.3, -0.25) is 9.69 Å². The molecule has 1 aromatic heterocycles. The maximum absolute atomic E-state index is 12.4. The molecule has 2 heterocycles. The van der Waals surface area contributed by atoms with Gasteiger partial charge in [0.25, 0.3) is 0 Å². The highest BCUT2D eigenvalue weighted by molar-refractivity contribution is 9.10. The minimum absolute atomic E-state index is 0.0359. The van der Waals surface area contributed by atoms with Gasteiger partial charge < -0.3 is 10.2 Å². The maximum atomic E-state index is 12.4. The molecule has 1 fully saturated rings. The zero-order valence-corrected chi connectivity index (χ0v) is 17.8. The topological polar surface area (TPSA) is 48.5 Å². The molecule has 0 aliphatic carbocycles. The molecule has 1 amide bonds. The van der Waals surface area contributed by atoms with Crippen molar-refractivity contribution in [1.82, 2.24) is 9.88 Å². The fraction of sp³-hybridized carbons (Fsp3) is 0.429. The molecular weight excluding hydrogens is 404 g/mol. The van der Waals surface area contributed by atoms with E-state index in [9.17, 15) is 4.79 Å². The smallest absolute Gasteiger partial charge is 0.238 e. The Morgan fingerprint density at radius 2 is 1.74 bits per heavy atom. The Morgan fingerprint density at radius 3 is 2.30 bits per heavy atom. The number of nitrogens with one attached hydrogen (secondary N) is 1. The number of aromatic nitrogens is 1. The van der Waals surface area contributed by atoms with Gasteiger partial charge in [0.15, 0.2) is 0 Å². The summed E-state index contributed by atoms with van der Waals surface area (Å²) in [5.74, 6) is 1.02. The van der Waals surface area contributed by atoms with Crippen molar-refractivity contribution in [2.24, 2.45) is 0 Å². The zero-order chi connectivity index (χ0) is 19.4. The molecular formula is C21H27BrN4O. The van der Waals surface area contributed by atoms with Crippen molar-refractivity contribution in [3.8, 4) is 0 Å². The van der Waals surface area contributed by atoms with E-state index >= 15 is 0 Å². The number of hydrogen-bond donors (Lipinski definition) is 1. The number of nitrogens with zero attached hydrogens (tertiary/aromatic N) is 3. The van der Waals surface area contributed by atoms with Crippen molar-refractivity contribution in [3.63, 3.8) is 0 Å². The average molecular weight is 431 g/mol. The summed E-state index contributed by atoms with van der Waals surface area (Å²) in [7, 11) is 0. The molecule has 3 rings (SSSR count). The summed E-state index contributed by atoms with van der Waals surface area (Å²) >= 11 is 3.41. The Labute approximate surface area is 169 Å². The predicted molar refractivity (Wildman–Crippen MR) is 114 cm³/mol. The summed E-state index contributed by atoms with van der Waals surface area (Å²) in [5, 5.41) is 3.01. The highest BCUT2D eigenvalue weighted by Gasteiger charge is 2.20. The lowest BCUT2D eigenvalue weighted by Crippen LogP contribution is -2.48. The van der Waals surface area contributed by atoms with E-state index in [1.54, 1.807) is 0 Å². The summed E-state index contributed by atoms with van der Waals surface area (Å²) in [6.07, 6.45) is 1.82. The molecule has 1 aliphatic rings. The summed E-state index contributed by atoms with van der Waals surface area (Å²) in [5.41, 5.74) is 2.23. The maximum Gasteiger partial charge on any atom is 0.238 e. The van der Waals surface area contributed by atoms with Crippen LogP contribution in [0.4, 0.5) is 11.5 Å². The van der Waals surface area contributed by atoms with E-state index < -0.39 is 0 Å². The van der Waals surface area contributed by atoms with E-state index in [4.69, 9.17) is 0 Å². The molecule has 5 nitrogen and oxygen atoms in total. The van der Waals surface area contributed by atoms with Crippen LogP contribution in [0, 0.1) is 0 Å². The number of anilines is 2. The van der Waals surface area contributed by atoms with Crippen LogP contribution in [0.15, 0.2) is 47.1 Å². The van der Waals surface area contributed by atoms with Gasteiger partial charge in [-0.25, -0.2) is 4.98 Å². The molecule has 0 radical (unpaired) electrons. The highest BCUT2D eigenvalue weighted by atomic mass is 79.9. The standard InChI is InChI=1S/C21H27BrN4O/c1-21(2,3)16-4-7-18(8-5-16)24-20(27)15-25-10-12-26(13-11-25)19-9-6-17(22)14-23-19/h4-9,14H,10-13,15H2,1-3H3,(H,24,27). The van der Waals surface area contributed by atoms with Gasteiger partial charge in [-0.05, 0) is 51.2 Å². The molecule has 1 N–H and O–H groups in total. The molecule has 6 heteroatoms. The number of benzene rings is 1. The van der Waals surface area contributed by atoms with Crippen LogP contribution in [-0.2, 0) is 10.2 Å². The monoisotopic (exact) mass is 430 g/mol. The van der Waals surface area contributed by atoms with Crippen LogP contribution < -0.4 is 10.2 Å². The second-order valence-electron chi connectivity index (χ2n) is 7.97. The third-order valence-corrected chi connectivity index (χ3v) is 5.28. The number of amides is 1. The van der Waals surface area contributed by atoms with E-state index in [0.717, 1.165) is 42.2 Å². The molecule has 27 heavy (non-hydrogen) atoms. The van der Waals surface area contributed by atoms with Crippen LogP contribution >= 0.6 is 15.9 Å². The largest absolute Gasteiger partial charge is 0.354 e. The molecule has 0 spiro atoms. The molecule has 1 aliphatic heterocycles. The van der Waals surface area contributed by atoms with Gasteiger partial charge in [-0.15, -0.1) is 0 Å². The first-order valence-corrected chi connectivity index (χ1v) is 10.1. The normalized spacial score (nSPS) is 15.6. The number of carbonyl (C=O) groups is 1. The third-order valence-electron chi connectivity index (χ3n) is 4.81. The number of hydrogen-bond acceptors (Lipinski definition) is 4. The van der Waals surface area contributed by atoms with Crippen LogP contribution in [0.3, 0.4) is 0 Å². The minimum atomic E-state index is 0.0359. The van der Waals surface area contributed by atoms with E-state index in [0.29, 0.717) is 6.54 Å². The Kier molecular flexibility index (Phi) is 6.17. The number of piperazine rings is 1. The molecule has 2 aromatic rings. The van der Waals surface area contributed by atoms with Crippen molar-refractivity contribution in [2.75, 3.05) is 42.9 Å². The number of pyridine rings is 1. The van der Waals surface area contributed by atoms with E-state index in [2.05, 4.69) is 68.9 Å². The first kappa shape index (κ1) is 19.8. The van der Waals surface area contributed by atoms with Crippen LogP contribution in [-0.4, -0.2) is 48.5 Å². The summed E-state index contributed by atoms with van der Waals surface area (Å²) < 4.78 is 0.983. The fourth-order valence-electron chi connectivity index (χ4n) is 3.15. The lowest BCUT2D eigenvalue weighted by molar-refractivity contribution is -0.117. The fourth-order valence-corrected chi connectivity index (χ4v) is 3.38. The second kappa shape index (κ2) is 8.40. The van der Waals surface area contributed by atoms with Gasteiger partial charge >= 0.3 is 0 Å². The van der Waals surface area contributed by atoms with Crippen molar-refractivity contribution < 1.29 is 4.79 Å². The molecule has 144 valence electrons. The predicted octanol–water partition coefficient (Wildman–Crippen LogP) is 3.90. The quantitative estimate of drug-likeness (QED) is 0.798. The summed E-state index contributed by atoms with van der Waals surface area (Å²) in [4.78, 5) is 21.3. The third kappa shape index (κ3) is 5.53. The minimum Gasteiger partial charge on any atom is -0.354 e. The van der Waals surface area contributed by atoms with Crippen molar-refractivity contribution in [3.05, 3.63) is 52.6 Å². The number of halogens is 1. The van der Waals surface area contributed by atoms with E-state index in [1.165, 1.54) is 5.56 Å². The molecule has 1 saturated heterocycles. The van der Waals surface area contributed by atoms with Gasteiger partial charge in [0.2, 0.25) is 5.91 Å². The van der Waals surface area contributed by atoms with Gasteiger partial charge in [0, 0.05) is 42.5 Å². The number of rotatable bonds is 4. The lowest BCUT2D eigenvalue weighted by atomic mass is 9.87. The molecule has 0 bridgehead atoms. The first-order valence-electron chi connectivity index (χ1n) is 9.30. The van der Waals surface area contributed by atoms with Gasteiger partial charge in [0.05, 0.1) is 6.54 Å². The zero-order valence-electron chi connectivity index (χ0n) is 16.2. The average Bonchev–Trinajstić information content (AvgIpc) is 2.63. The van der Waals surface area contributed by atoms with Crippen LogP contribution in [0.1, 0.15) is 26.3 Å². The van der Waals surface area contributed by atoms with Crippen LogP contribution in [0.5, 0.6) is 0 Å².